The molecule has 1 aliphatic rings. The summed E-state index contributed by atoms with van der Waals surface area (Å²) in [7, 11) is 1.79. The number of methoxy groups -OCH3 is 1. The lowest BCUT2D eigenvalue weighted by Crippen LogP contribution is -2.26. The highest BCUT2D eigenvalue weighted by molar-refractivity contribution is 5.83. The van der Waals surface area contributed by atoms with Crippen LogP contribution in [0.25, 0.3) is 22.2 Å². The predicted molar refractivity (Wildman–Crippen MR) is 112 cm³/mol. The van der Waals surface area contributed by atoms with Crippen LogP contribution in [-0.4, -0.2) is 39.6 Å². The maximum atomic E-state index is 9.42. The number of hydrogen-bond donors (Lipinski definition) is 2. The molecule has 2 aromatic heterocycles. The van der Waals surface area contributed by atoms with Gasteiger partial charge in [-0.15, -0.1) is 0 Å². The summed E-state index contributed by atoms with van der Waals surface area (Å²) in [5, 5.41) is 13.5. The van der Waals surface area contributed by atoms with Crippen LogP contribution in [0.5, 0.6) is 0 Å². The molecule has 2 heterocycles. The highest BCUT2D eigenvalue weighted by Gasteiger charge is 2.27. The van der Waals surface area contributed by atoms with E-state index in [2.05, 4.69) is 27.9 Å². The lowest BCUT2D eigenvalue weighted by atomic mass is 9.92. The largest absolute Gasteiger partial charge is 0.396 e. The summed E-state index contributed by atoms with van der Waals surface area (Å²) in [5.74, 6) is 1.65. The number of benzene rings is 1. The van der Waals surface area contributed by atoms with Gasteiger partial charge in [-0.1, -0.05) is 11.2 Å². The lowest BCUT2D eigenvalue weighted by Gasteiger charge is -2.30. The van der Waals surface area contributed by atoms with Gasteiger partial charge in [0.15, 0.2) is 0 Å². The van der Waals surface area contributed by atoms with Crippen LogP contribution in [0.15, 0.2) is 22.7 Å². The van der Waals surface area contributed by atoms with Crippen molar-refractivity contribution < 1.29 is 14.4 Å². The third-order valence-corrected chi connectivity index (χ3v) is 6.15. The van der Waals surface area contributed by atoms with Gasteiger partial charge in [-0.3, -0.25) is 0 Å². The van der Waals surface area contributed by atoms with Gasteiger partial charge in [-0.2, -0.15) is 0 Å². The smallest absolute Gasteiger partial charge is 0.141 e. The molecule has 7 nitrogen and oxygen atoms in total. The molecule has 156 valence electrons. The molecule has 0 unspecified atom stereocenters. The Morgan fingerprint density at radius 1 is 1.28 bits per heavy atom. The number of ether oxygens (including phenoxy) is 1. The van der Waals surface area contributed by atoms with Crippen molar-refractivity contribution in [3.8, 4) is 11.1 Å². The average molecular weight is 399 g/mol. The van der Waals surface area contributed by atoms with Gasteiger partial charge in [0, 0.05) is 25.3 Å². The summed E-state index contributed by atoms with van der Waals surface area (Å²) in [6, 6.07) is 6.37. The Morgan fingerprint density at radius 2 is 2.03 bits per heavy atom. The van der Waals surface area contributed by atoms with Crippen LogP contribution in [-0.2, 0) is 4.74 Å². The van der Waals surface area contributed by atoms with E-state index in [-0.39, 0.29) is 12.6 Å². The number of aliphatic hydroxyl groups excluding tert-OH is 1. The van der Waals surface area contributed by atoms with Gasteiger partial charge < -0.3 is 24.7 Å². The molecule has 0 spiro atoms. The van der Waals surface area contributed by atoms with E-state index in [0.29, 0.717) is 18.6 Å². The maximum absolute atomic E-state index is 9.42. The van der Waals surface area contributed by atoms with Crippen molar-refractivity contribution >= 4 is 11.0 Å². The van der Waals surface area contributed by atoms with Gasteiger partial charge in [0.05, 0.1) is 28.9 Å². The van der Waals surface area contributed by atoms with Crippen molar-refractivity contribution in [3.05, 3.63) is 35.5 Å². The Bertz CT molecular complexity index is 966. The molecule has 29 heavy (non-hydrogen) atoms. The minimum atomic E-state index is -0.296. The summed E-state index contributed by atoms with van der Waals surface area (Å²) in [5.41, 5.74) is 11.4. The second-order valence-electron chi connectivity index (χ2n) is 8.03. The zero-order chi connectivity index (χ0) is 20.5. The van der Waals surface area contributed by atoms with Crippen LogP contribution in [0, 0.1) is 13.8 Å². The molecular weight excluding hydrogens is 368 g/mol. The maximum Gasteiger partial charge on any atom is 0.141 e. The van der Waals surface area contributed by atoms with E-state index in [4.69, 9.17) is 20.0 Å². The van der Waals surface area contributed by atoms with Crippen LogP contribution in [0.1, 0.15) is 61.5 Å². The molecule has 0 bridgehead atoms. The molecule has 0 aliphatic heterocycles. The fourth-order valence-electron chi connectivity index (χ4n) is 4.62. The van der Waals surface area contributed by atoms with Crippen molar-refractivity contribution in [1.29, 1.82) is 0 Å². The molecule has 1 atom stereocenters. The van der Waals surface area contributed by atoms with Crippen LogP contribution >= 0.6 is 0 Å². The van der Waals surface area contributed by atoms with Gasteiger partial charge in [0.2, 0.25) is 0 Å². The Hall–Kier alpha value is -2.22. The Morgan fingerprint density at radius 3 is 2.66 bits per heavy atom. The lowest BCUT2D eigenvalue weighted by molar-refractivity contribution is 0.0584. The van der Waals surface area contributed by atoms with E-state index in [1.807, 2.05) is 13.8 Å². The predicted octanol–water partition coefficient (Wildman–Crippen LogP) is 3.82. The Balaban J connectivity index is 1.79. The van der Waals surface area contributed by atoms with Gasteiger partial charge in [0.25, 0.3) is 0 Å². The molecule has 1 aromatic carbocycles. The monoisotopic (exact) mass is 398 g/mol. The van der Waals surface area contributed by atoms with Gasteiger partial charge in [-0.25, -0.2) is 4.98 Å². The molecule has 1 aliphatic carbocycles. The van der Waals surface area contributed by atoms with E-state index in [0.717, 1.165) is 65.1 Å². The highest BCUT2D eigenvalue weighted by Crippen LogP contribution is 2.37. The van der Waals surface area contributed by atoms with E-state index >= 15 is 0 Å². The number of rotatable bonds is 6. The average Bonchev–Trinajstić information content (AvgIpc) is 3.27. The minimum absolute atomic E-state index is 0.0467. The molecular formula is C22H30N4O3. The first-order valence-corrected chi connectivity index (χ1v) is 10.4. The first-order chi connectivity index (χ1) is 14.0. The van der Waals surface area contributed by atoms with Gasteiger partial charge >= 0.3 is 0 Å². The number of aromatic nitrogens is 3. The van der Waals surface area contributed by atoms with E-state index in [9.17, 15) is 5.11 Å². The number of hydrogen-bond acceptors (Lipinski definition) is 6. The van der Waals surface area contributed by atoms with E-state index in [1.54, 1.807) is 7.11 Å². The number of nitrogens with zero attached hydrogens (tertiary/aromatic N) is 3. The number of aryl methyl sites for hydroxylation is 2. The fraction of sp³-hybridized carbons (Fsp3) is 0.545. The summed E-state index contributed by atoms with van der Waals surface area (Å²) >= 11 is 0. The number of nitrogens with two attached hydrogens (primary N) is 1. The molecule has 1 fully saturated rings. The quantitative estimate of drug-likeness (QED) is 0.655. The van der Waals surface area contributed by atoms with Gasteiger partial charge in [0.1, 0.15) is 11.6 Å². The van der Waals surface area contributed by atoms with Crippen molar-refractivity contribution in [3.63, 3.8) is 0 Å². The van der Waals surface area contributed by atoms with Crippen LogP contribution < -0.4 is 5.73 Å². The molecule has 0 amide bonds. The molecule has 3 aromatic rings. The molecule has 0 saturated heterocycles. The minimum Gasteiger partial charge on any atom is -0.396 e. The zero-order valence-corrected chi connectivity index (χ0v) is 17.4. The molecule has 4 rings (SSSR count). The molecule has 1 saturated carbocycles. The molecule has 0 radical (unpaired) electrons. The van der Waals surface area contributed by atoms with Crippen molar-refractivity contribution in [1.82, 2.24) is 14.7 Å². The standard InChI is InChI=1S/C22H30N4O3/c1-13-21(14(2)29-25-13)15-4-9-20-19(12-15)24-22(18(23)10-11-27)26(20)16-5-7-17(28-3)8-6-16/h4,9,12,16-18,27H,5-8,10-11,23H2,1-3H3/t16-,17-,18-/m0/s1. The summed E-state index contributed by atoms with van der Waals surface area (Å²) < 4.78 is 13.2. The summed E-state index contributed by atoms with van der Waals surface area (Å²) in [6.45, 7) is 3.92. The third kappa shape index (κ3) is 3.70. The second kappa shape index (κ2) is 8.26. The first-order valence-electron chi connectivity index (χ1n) is 10.4. The second-order valence-corrected chi connectivity index (χ2v) is 8.03. The molecule has 7 heteroatoms. The summed E-state index contributed by atoms with van der Waals surface area (Å²) in [4.78, 5) is 4.92. The Labute approximate surface area is 170 Å². The molecule has 3 N–H and O–H groups in total. The number of aliphatic hydroxyl groups is 1. The summed E-state index contributed by atoms with van der Waals surface area (Å²) in [6.07, 6.45) is 4.97. The van der Waals surface area contributed by atoms with Crippen LogP contribution in [0.2, 0.25) is 0 Å². The SMILES string of the molecule is CO[C@H]1CC[C@H](n2c([C@@H](N)CCO)nc3cc(-c4c(C)noc4C)ccc32)CC1. The first kappa shape index (κ1) is 20.1. The van der Waals surface area contributed by atoms with Gasteiger partial charge in [-0.05, 0) is 63.6 Å². The van der Waals surface area contributed by atoms with Crippen LogP contribution in [0.3, 0.4) is 0 Å². The van der Waals surface area contributed by atoms with Crippen LogP contribution in [0.4, 0.5) is 0 Å². The van der Waals surface area contributed by atoms with Crippen molar-refractivity contribution in [2.75, 3.05) is 13.7 Å². The van der Waals surface area contributed by atoms with Crippen molar-refractivity contribution in [2.45, 2.75) is 64.1 Å². The number of imidazole rings is 1. The van der Waals surface area contributed by atoms with E-state index in [1.165, 1.54) is 0 Å². The Kier molecular flexibility index (Phi) is 5.72. The van der Waals surface area contributed by atoms with Crippen molar-refractivity contribution in [2.24, 2.45) is 5.73 Å². The van der Waals surface area contributed by atoms with E-state index < -0.39 is 0 Å². The highest BCUT2D eigenvalue weighted by atomic mass is 16.5. The number of fused-ring (bicyclic) bond motifs is 1. The third-order valence-electron chi connectivity index (χ3n) is 6.15. The topological polar surface area (TPSA) is 99.3 Å². The normalized spacial score (nSPS) is 21.0. The zero-order valence-electron chi connectivity index (χ0n) is 17.4. The fourth-order valence-corrected chi connectivity index (χ4v) is 4.62.